The van der Waals surface area contributed by atoms with E-state index in [1.807, 2.05) is 0 Å². The number of aliphatic hydroxyl groups excluding tert-OH is 1. The number of amides is 1. The number of unbranched alkanes of at least 4 members (excludes halogenated alkanes) is 20. The molecule has 0 aromatic carbocycles. The molecule has 0 fully saturated rings. The van der Waals surface area contributed by atoms with Crippen molar-refractivity contribution >= 4 is 19.7 Å². The minimum atomic E-state index is -4.41. The molecule has 0 aliphatic heterocycles. The molecule has 2 atom stereocenters. The van der Waals surface area contributed by atoms with Gasteiger partial charge in [0.1, 0.15) is 12.7 Å². The zero-order chi connectivity index (χ0) is 36.1. The fourth-order valence-corrected chi connectivity index (χ4v) is 6.07. The van der Waals surface area contributed by atoms with Crippen molar-refractivity contribution in [3.63, 3.8) is 0 Å². The maximum absolute atomic E-state index is 12.0. The molecule has 0 heterocycles. The highest BCUT2D eigenvalue weighted by Crippen LogP contribution is 2.42. The van der Waals surface area contributed by atoms with Crippen LogP contribution in [0.5, 0.6) is 0 Å². The van der Waals surface area contributed by atoms with Crippen molar-refractivity contribution in [2.24, 2.45) is 0 Å². The number of phosphoric acid groups is 1. The number of nitrogens with one attached hydrogen (secondary N) is 1. The fraction of sp³-hybridized carbons (Fsp3) is 0.846. The molecule has 0 saturated carbocycles. The van der Waals surface area contributed by atoms with Crippen LogP contribution in [0.15, 0.2) is 24.3 Å². The van der Waals surface area contributed by atoms with Crippen LogP contribution in [0.1, 0.15) is 181 Å². The summed E-state index contributed by atoms with van der Waals surface area (Å²) in [6.07, 6.45) is 36.8. The zero-order valence-electron chi connectivity index (χ0n) is 31.4. The zero-order valence-corrected chi connectivity index (χ0v) is 32.3. The molecule has 0 radical (unpaired) electrons. The molecule has 0 aliphatic rings. The number of ether oxygens (including phenoxy) is 1. The van der Waals surface area contributed by atoms with Crippen molar-refractivity contribution in [2.75, 3.05) is 26.4 Å². The van der Waals surface area contributed by atoms with Gasteiger partial charge >= 0.3 is 13.8 Å². The largest absolute Gasteiger partial charge is 0.472 e. The number of hydrogen-bond acceptors (Lipinski definition) is 7. The Morgan fingerprint density at radius 1 is 0.612 bits per heavy atom. The van der Waals surface area contributed by atoms with Crippen molar-refractivity contribution in [3.05, 3.63) is 24.3 Å². The Labute approximate surface area is 300 Å². The van der Waals surface area contributed by atoms with Crippen LogP contribution in [-0.2, 0) is 27.9 Å². The van der Waals surface area contributed by atoms with Gasteiger partial charge in [0.15, 0.2) is 0 Å². The van der Waals surface area contributed by atoms with Gasteiger partial charge in [0, 0.05) is 19.4 Å². The predicted molar refractivity (Wildman–Crippen MR) is 201 cm³/mol. The first-order chi connectivity index (χ1) is 23.8. The van der Waals surface area contributed by atoms with Gasteiger partial charge in [-0.25, -0.2) is 4.57 Å². The minimum Gasteiger partial charge on any atom is -0.463 e. The van der Waals surface area contributed by atoms with E-state index in [9.17, 15) is 24.2 Å². The van der Waals surface area contributed by atoms with Gasteiger partial charge in [-0.2, -0.15) is 0 Å². The van der Waals surface area contributed by atoms with Gasteiger partial charge in [-0.3, -0.25) is 18.6 Å². The van der Waals surface area contributed by atoms with Gasteiger partial charge < -0.3 is 20.1 Å². The Hall–Kier alpha value is -1.51. The average molecular weight is 716 g/mol. The highest BCUT2D eigenvalue weighted by Gasteiger charge is 2.23. The first kappa shape index (κ1) is 47.5. The lowest BCUT2D eigenvalue weighted by Gasteiger charge is -2.15. The molecule has 0 bridgehead atoms. The Morgan fingerprint density at radius 2 is 1.04 bits per heavy atom. The molecule has 0 saturated heterocycles. The van der Waals surface area contributed by atoms with E-state index >= 15 is 0 Å². The number of carbonyl (C=O) groups excluding carboxylic acids is 2. The first-order valence-electron chi connectivity index (χ1n) is 19.8. The van der Waals surface area contributed by atoms with Gasteiger partial charge in [0.25, 0.3) is 0 Å². The summed E-state index contributed by atoms with van der Waals surface area (Å²) < 4.78 is 26.8. The molecule has 288 valence electrons. The second-order valence-electron chi connectivity index (χ2n) is 13.2. The van der Waals surface area contributed by atoms with Crippen LogP contribution in [0, 0.1) is 0 Å². The van der Waals surface area contributed by atoms with Crippen molar-refractivity contribution in [3.8, 4) is 0 Å². The lowest BCUT2D eigenvalue weighted by atomic mass is 10.1. The first-order valence-corrected chi connectivity index (χ1v) is 21.3. The minimum absolute atomic E-state index is 0.0773. The monoisotopic (exact) mass is 716 g/mol. The molecule has 9 nitrogen and oxygen atoms in total. The van der Waals surface area contributed by atoms with Crippen LogP contribution >= 0.6 is 7.82 Å². The third-order valence-corrected chi connectivity index (χ3v) is 9.34. The van der Waals surface area contributed by atoms with Crippen LogP contribution in [-0.4, -0.2) is 54.3 Å². The summed E-state index contributed by atoms with van der Waals surface area (Å²) in [5.74, 6) is -0.533. The van der Waals surface area contributed by atoms with Gasteiger partial charge in [-0.1, -0.05) is 128 Å². The second kappa shape index (κ2) is 36.3. The Balaban J connectivity index is 3.63. The normalized spacial score (nSPS) is 13.6. The number of allylic oxidation sites excluding steroid dienone is 4. The Bertz CT molecular complexity index is 866. The van der Waals surface area contributed by atoms with E-state index in [1.165, 1.54) is 83.5 Å². The van der Waals surface area contributed by atoms with Crippen LogP contribution < -0.4 is 5.32 Å². The van der Waals surface area contributed by atoms with E-state index < -0.39 is 26.5 Å². The third kappa shape index (κ3) is 37.6. The summed E-state index contributed by atoms with van der Waals surface area (Å²) in [5, 5.41) is 12.6. The van der Waals surface area contributed by atoms with E-state index in [0.717, 1.165) is 70.6 Å². The summed E-state index contributed by atoms with van der Waals surface area (Å²) >= 11 is 0. The highest BCUT2D eigenvalue weighted by atomic mass is 31.2. The fourth-order valence-electron chi connectivity index (χ4n) is 5.31. The highest BCUT2D eigenvalue weighted by molar-refractivity contribution is 7.47. The number of aliphatic hydroxyl groups is 1. The topological polar surface area (TPSA) is 131 Å². The SMILES string of the molecule is CCCCC/C=C\CCCCCCCC(=O)NCCOP(=O)(O)OCC(O)COC(=O)CCCCCCC/C=C\CCCCCCCCC. The van der Waals surface area contributed by atoms with Gasteiger partial charge in [-0.05, 0) is 64.2 Å². The van der Waals surface area contributed by atoms with Crippen LogP contribution in [0.4, 0.5) is 0 Å². The number of esters is 1. The predicted octanol–water partition coefficient (Wildman–Crippen LogP) is 10.4. The molecular weight excluding hydrogens is 641 g/mol. The summed E-state index contributed by atoms with van der Waals surface area (Å²) in [6, 6.07) is 0. The molecule has 1 amide bonds. The molecule has 0 aromatic heterocycles. The van der Waals surface area contributed by atoms with Crippen molar-refractivity contribution in [1.29, 1.82) is 0 Å². The van der Waals surface area contributed by atoms with Crippen molar-refractivity contribution < 1.29 is 37.9 Å². The standard InChI is InChI=1S/C39H74NO8P/c1-3-5-7-9-11-13-15-17-18-19-20-22-24-26-28-30-32-39(43)46-35-37(41)36-48-49(44,45)47-34-33-40-38(42)31-29-27-25-23-21-16-14-12-10-8-6-4-2/h12,14,18-19,37,41H,3-11,13,15-17,20-36H2,1-2H3,(H,40,42)(H,44,45)/b14-12-,19-18-. The third-order valence-electron chi connectivity index (χ3n) is 8.35. The molecule has 3 N–H and O–H groups in total. The van der Waals surface area contributed by atoms with Crippen LogP contribution in [0.25, 0.3) is 0 Å². The van der Waals surface area contributed by atoms with Crippen molar-refractivity contribution in [2.45, 2.75) is 187 Å². The Kier molecular flexibility index (Phi) is 35.2. The maximum Gasteiger partial charge on any atom is 0.472 e. The summed E-state index contributed by atoms with van der Waals surface area (Å²) in [6.45, 7) is 3.50. The smallest absolute Gasteiger partial charge is 0.463 e. The van der Waals surface area contributed by atoms with Crippen LogP contribution in [0.2, 0.25) is 0 Å². The Morgan fingerprint density at radius 3 is 1.57 bits per heavy atom. The van der Waals surface area contributed by atoms with Gasteiger partial charge in [0.05, 0.1) is 13.2 Å². The number of phosphoric ester groups is 1. The molecule has 49 heavy (non-hydrogen) atoms. The molecule has 0 spiro atoms. The lowest BCUT2D eigenvalue weighted by Crippen LogP contribution is -2.27. The van der Waals surface area contributed by atoms with E-state index in [4.69, 9.17) is 13.8 Å². The summed E-state index contributed by atoms with van der Waals surface area (Å²) in [7, 11) is -4.41. The number of carbonyl (C=O) groups is 2. The molecule has 10 heteroatoms. The molecule has 2 unspecified atom stereocenters. The van der Waals surface area contributed by atoms with E-state index in [2.05, 4.69) is 43.5 Å². The maximum atomic E-state index is 12.0. The average Bonchev–Trinajstić information content (AvgIpc) is 3.08. The molecule has 0 rings (SSSR count). The van der Waals surface area contributed by atoms with E-state index in [-0.39, 0.29) is 32.1 Å². The molecule has 0 aliphatic carbocycles. The summed E-state index contributed by atoms with van der Waals surface area (Å²) in [5.41, 5.74) is 0. The number of rotatable bonds is 37. The van der Waals surface area contributed by atoms with E-state index in [1.54, 1.807) is 0 Å². The molecule has 0 aromatic rings. The quantitative estimate of drug-likeness (QED) is 0.0251. The van der Waals surface area contributed by atoms with Gasteiger partial charge in [0.2, 0.25) is 5.91 Å². The number of hydrogen-bond donors (Lipinski definition) is 3. The summed E-state index contributed by atoms with van der Waals surface area (Å²) in [4.78, 5) is 33.8. The van der Waals surface area contributed by atoms with E-state index in [0.29, 0.717) is 6.42 Å². The van der Waals surface area contributed by atoms with Gasteiger partial charge in [-0.15, -0.1) is 0 Å². The lowest BCUT2D eigenvalue weighted by molar-refractivity contribution is -0.147. The van der Waals surface area contributed by atoms with Crippen molar-refractivity contribution in [1.82, 2.24) is 5.32 Å². The van der Waals surface area contributed by atoms with Crippen LogP contribution in [0.3, 0.4) is 0 Å². The second-order valence-corrected chi connectivity index (χ2v) is 14.7. The molecular formula is C39H74NO8P.